The van der Waals surface area contributed by atoms with Crippen molar-refractivity contribution >= 4 is 28.8 Å². The molecule has 0 saturated carbocycles. The van der Waals surface area contributed by atoms with Gasteiger partial charge in [-0.1, -0.05) is 35.3 Å². The number of aromatic nitrogens is 4. The molecule has 0 aliphatic heterocycles. The van der Waals surface area contributed by atoms with Gasteiger partial charge in [0.25, 0.3) is 5.89 Å². The van der Waals surface area contributed by atoms with Gasteiger partial charge in [0.05, 0.1) is 22.2 Å². The Hall–Kier alpha value is -2.82. The van der Waals surface area contributed by atoms with Crippen LogP contribution in [0.4, 0.5) is 13.2 Å². The number of hydrogen-bond acceptors (Lipinski definition) is 6. The van der Waals surface area contributed by atoms with Crippen molar-refractivity contribution in [1.82, 2.24) is 19.5 Å². The van der Waals surface area contributed by atoms with Crippen LogP contribution >= 0.6 is 23.2 Å². The van der Waals surface area contributed by atoms with Crippen LogP contribution in [0.15, 0.2) is 35.1 Å². The third-order valence-corrected chi connectivity index (χ3v) is 5.40. The largest absolute Gasteiger partial charge is 0.493 e. The molecule has 4 rings (SSSR count). The second-order valence-corrected chi connectivity index (χ2v) is 7.89. The number of rotatable bonds is 7. The van der Waals surface area contributed by atoms with E-state index in [1.165, 1.54) is 6.20 Å². The van der Waals surface area contributed by atoms with Crippen LogP contribution in [0.1, 0.15) is 24.5 Å². The summed E-state index contributed by atoms with van der Waals surface area (Å²) in [5, 5.41) is 13.0. The van der Waals surface area contributed by atoms with Gasteiger partial charge in [-0.05, 0) is 30.2 Å². The van der Waals surface area contributed by atoms with E-state index in [1.54, 1.807) is 12.1 Å². The number of nitrogens with zero attached hydrogens (tertiary/aromatic N) is 4. The van der Waals surface area contributed by atoms with Gasteiger partial charge in [0.15, 0.2) is 5.65 Å². The van der Waals surface area contributed by atoms with E-state index < -0.39 is 11.7 Å². The third kappa shape index (κ3) is 4.78. The molecule has 3 aromatic heterocycles. The molecule has 0 unspecified atom stereocenters. The molecule has 0 aliphatic carbocycles. The molecule has 33 heavy (non-hydrogen) atoms. The normalized spacial score (nSPS) is 12.0. The second kappa shape index (κ2) is 9.20. The average molecular weight is 501 g/mol. The predicted octanol–water partition coefficient (Wildman–Crippen LogP) is 5.70. The minimum Gasteiger partial charge on any atom is -0.493 e. The summed E-state index contributed by atoms with van der Waals surface area (Å²) in [5.41, 5.74) is 0.730. The molecule has 0 atom stereocenters. The lowest BCUT2D eigenvalue weighted by Gasteiger charge is -2.12. The summed E-state index contributed by atoms with van der Waals surface area (Å²) in [6.07, 6.45) is -1.21. The smallest absolute Gasteiger partial charge is 0.417 e. The van der Waals surface area contributed by atoms with Crippen LogP contribution in [0.3, 0.4) is 0 Å². The standard InChI is InChI=1S/C21H17Cl2F3N4O3/c1-2-11-6-13(14(22)8-17(11)32-5-3-4-31)18-28-20(33-29-18)16-10-30-9-12(21(24,25)26)7-15(23)19(30)27-16/h6-10,31H,2-5H2,1H3. The Labute approximate surface area is 195 Å². The maximum absolute atomic E-state index is 13.1. The van der Waals surface area contributed by atoms with E-state index >= 15 is 0 Å². The van der Waals surface area contributed by atoms with Crippen LogP contribution < -0.4 is 4.74 Å². The van der Waals surface area contributed by atoms with Crippen LogP contribution in [0.25, 0.3) is 28.6 Å². The molecule has 7 nitrogen and oxygen atoms in total. The Balaban J connectivity index is 1.68. The highest BCUT2D eigenvalue weighted by atomic mass is 35.5. The lowest BCUT2D eigenvalue weighted by Crippen LogP contribution is -2.06. The van der Waals surface area contributed by atoms with Crippen molar-refractivity contribution in [1.29, 1.82) is 0 Å². The first-order chi connectivity index (χ1) is 15.7. The molecule has 0 radical (unpaired) electrons. The molecule has 174 valence electrons. The molecule has 0 fully saturated rings. The Morgan fingerprint density at radius 3 is 2.61 bits per heavy atom. The number of hydrogen-bond donors (Lipinski definition) is 1. The molecule has 0 aliphatic rings. The Morgan fingerprint density at radius 2 is 1.91 bits per heavy atom. The number of imidazole rings is 1. The van der Waals surface area contributed by atoms with Crippen molar-refractivity contribution in [3.8, 4) is 28.7 Å². The molecule has 12 heteroatoms. The molecule has 3 heterocycles. The quantitative estimate of drug-likeness (QED) is 0.327. The van der Waals surface area contributed by atoms with E-state index in [-0.39, 0.29) is 34.7 Å². The van der Waals surface area contributed by atoms with Crippen molar-refractivity contribution in [3.05, 3.63) is 51.8 Å². The molecular formula is C21H17Cl2F3N4O3. The van der Waals surface area contributed by atoms with Crippen LogP contribution in [0.2, 0.25) is 10.0 Å². The van der Waals surface area contributed by atoms with E-state index in [0.717, 1.165) is 22.2 Å². The van der Waals surface area contributed by atoms with Gasteiger partial charge in [-0.15, -0.1) is 0 Å². The summed E-state index contributed by atoms with van der Waals surface area (Å²) in [5.74, 6) is 0.778. The van der Waals surface area contributed by atoms with E-state index in [0.29, 0.717) is 35.8 Å². The fourth-order valence-electron chi connectivity index (χ4n) is 3.18. The summed E-state index contributed by atoms with van der Waals surface area (Å²) >= 11 is 12.4. The number of aliphatic hydroxyl groups is 1. The van der Waals surface area contributed by atoms with Gasteiger partial charge in [-0.2, -0.15) is 18.2 Å². The summed E-state index contributed by atoms with van der Waals surface area (Å²) in [6.45, 7) is 2.31. The lowest BCUT2D eigenvalue weighted by atomic mass is 10.1. The molecule has 0 saturated heterocycles. The first-order valence-corrected chi connectivity index (χ1v) is 10.6. The van der Waals surface area contributed by atoms with E-state index in [9.17, 15) is 13.2 Å². The van der Waals surface area contributed by atoms with E-state index in [1.807, 2.05) is 6.92 Å². The Kier molecular flexibility index (Phi) is 6.51. The number of alkyl halides is 3. The maximum atomic E-state index is 13.1. The average Bonchev–Trinajstić information content (AvgIpc) is 3.41. The fraction of sp³-hybridized carbons (Fsp3) is 0.286. The topological polar surface area (TPSA) is 85.7 Å². The van der Waals surface area contributed by atoms with Crippen LogP contribution in [0.5, 0.6) is 5.75 Å². The number of aliphatic hydroxyl groups excluding tert-OH is 1. The molecule has 1 N–H and O–H groups in total. The molecule has 0 spiro atoms. The number of ether oxygens (including phenoxy) is 1. The fourth-order valence-corrected chi connectivity index (χ4v) is 3.68. The summed E-state index contributed by atoms with van der Waals surface area (Å²) < 4.78 is 51.3. The lowest BCUT2D eigenvalue weighted by molar-refractivity contribution is -0.137. The van der Waals surface area contributed by atoms with Crippen molar-refractivity contribution in [2.75, 3.05) is 13.2 Å². The Morgan fingerprint density at radius 1 is 1.12 bits per heavy atom. The van der Waals surface area contributed by atoms with Gasteiger partial charge in [0, 0.05) is 31.0 Å². The monoisotopic (exact) mass is 500 g/mol. The summed E-state index contributed by atoms with van der Waals surface area (Å²) in [4.78, 5) is 8.53. The van der Waals surface area contributed by atoms with Gasteiger partial charge in [0.1, 0.15) is 11.4 Å². The number of aryl methyl sites for hydroxylation is 1. The molecular weight excluding hydrogens is 484 g/mol. The first-order valence-electron chi connectivity index (χ1n) is 9.87. The van der Waals surface area contributed by atoms with Crippen molar-refractivity contribution in [2.24, 2.45) is 0 Å². The zero-order valence-corrected chi connectivity index (χ0v) is 18.7. The summed E-state index contributed by atoms with van der Waals surface area (Å²) in [7, 11) is 0. The first kappa shape index (κ1) is 23.3. The van der Waals surface area contributed by atoms with Crippen LogP contribution in [-0.4, -0.2) is 37.8 Å². The highest BCUT2D eigenvalue weighted by Crippen LogP contribution is 2.35. The highest BCUT2D eigenvalue weighted by molar-refractivity contribution is 6.33. The van der Waals surface area contributed by atoms with Gasteiger partial charge in [-0.3, -0.25) is 0 Å². The SMILES string of the molecule is CCc1cc(-c2noc(-c3cn4cc(C(F)(F)F)cc(Cl)c4n3)n2)c(Cl)cc1OCCCO. The molecule has 4 aromatic rings. The second-order valence-electron chi connectivity index (χ2n) is 7.07. The van der Waals surface area contributed by atoms with Crippen LogP contribution in [0, 0.1) is 0 Å². The van der Waals surface area contributed by atoms with Crippen LogP contribution in [-0.2, 0) is 12.6 Å². The van der Waals surface area contributed by atoms with Gasteiger partial charge < -0.3 is 18.8 Å². The van der Waals surface area contributed by atoms with Crippen molar-refractivity contribution in [2.45, 2.75) is 25.9 Å². The van der Waals surface area contributed by atoms with E-state index in [2.05, 4.69) is 15.1 Å². The summed E-state index contributed by atoms with van der Waals surface area (Å²) in [6, 6.07) is 4.23. The predicted molar refractivity (Wildman–Crippen MR) is 116 cm³/mol. The zero-order chi connectivity index (χ0) is 23.8. The Bertz CT molecular complexity index is 1300. The van der Waals surface area contributed by atoms with Crippen molar-refractivity contribution < 1.29 is 27.5 Å². The minimum absolute atomic E-state index is 0.00397. The molecule has 0 amide bonds. The third-order valence-electron chi connectivity index (χ3n) is 4.81. The number of benzene rings is 1. The minimum atomic E-state index is -4.55. The van der Waals surface area contributed by atoms with Crippen molar-refractivity contribution in [3.63, 3.8) is 0 Å². The number of pyridine rings is 1. The van der Waals surface area contributed by atoms with Gasteiger partial charge >= 0.3 is 6.18 Å². The van der Waals surface area contributed by atoms with Gasteiger partial charge in [-0.25, -0.2) is 4.98 Å². The molecule has 0 bridgehead atoms. The van der Waals surface area contributed by atoms with E-state index in [4.69, 9.17) is 37.6 Å². The maximum Gasteiger partial charge on any atom is 0.417 e. The molecule has 1 aromatic carbocycles. The zero-order valence-electron chi connectivity index (χ0n) is 17.2. The highest BCUT2D eigenvalue weighted by Gasteiger charge is 2.32. The van der Waals surface area contributed by atoms with Gasteiger partial charge in [0.2, 0.25) is 5.82 Å². The number of fused-ring (bicyclic) bond motifs is 1. The number of halogens is 5.